The molecular formula is C2H5N4O2S-. The summed E-state index contributed by atoms with van der Waals surface area (Å²) in [5, 5.41) is 13.4. The van der Waals surface area contributed by atoms with Gasteiger partial charge >= 0.3 is 0 Å². The highest BCUT2D eigenvalue weighted by Crippen LogP contribution is 1.55. The van der Waals surface area contributed by atoms with E-state index in [0.717, 1.165) is 0 Å². The molecule has 1 unspecified atom stereocenters. The average Bonchev–Trinajstić information content (AvgIpc) is 2.11. The molecular weight excluding hydrogens is 144 g/mol. The van der Waals surface area contributed by atoms with Gasteiger partial charge in [-0.2, -0.15) is 15.4 Å². The van der Waals surface area contributed by atoms with Crippen molar-refractivity contribution in [3.05, 3.63) is 12.4 Å². The van der Waals surface area contributed by atoms with Gasteiger partial charge in [0.15, 0.2) is 0 Å². The zero-order chi connectivity index (χ0) is 7.11. The second kappa shape index (κ2) is 5.35. The SMILES string of the molecule is NS(=O)[O-].c1cn[nH]n1. The molecule has 1 aromatic heterocycles. The summed E-state index contributed by atoms with van der Waals surface area (Å²) >= 11 is -2.36. The van der Waals surface area contributed by atoms with Crippen LogP contribution in [0.4, 0.5) is 0 Å². The van der Waals surface area contributed by atoms with Gasteiger partial charge in [0.1, 0.15) is 0 Å². The molecule has 9 heavy (non-hydrogen) atoms. The number of hydrogen-bond donors (Lipinski definition) is 2. The molecule has 0 aliphatic heterocycles. The smallest absolute Gasteiger partial charge is 0.0690 e. The Labute approximate surface area is 53.9 Å². The summed E-state index contributed by atoms with van der Waals surface area (Å²) < 4.78 is 17.6. The normalized spacial score (nSPS) is 11.3. The molecule has 1 rings (SSSR count). The standard InChI is InChI=1S/C2H3N3.H3NO2S/c1-2-4-5-3-1;1-4(2)3/h1-2H,(H,3,4,5);1H2,(H,2,3)/p-1. The lowest BCUT2D eigenvalue weighted by Gasteiger charge is -1.85. The van der Waals surface area contributed by atoms with E-state index >= 15 is 0 Å². The molecule has 1 heterocycles. The highest BCUT2D eigenvalue weighted by atomic mass is 32.2. The molecule has 1 atom stereocenters. The first-order valence-electron chi connectivity index (χ1n) is 1.87. The predicted molar refractivity (Wildman–Crippen MR) is 29.5 cm³/mol. The van der Waals surface area contributed by atoms with Gasteiger partial charge in [-0.25, -0.2) is 0 Å². The van der Waals surface area contributed by atoms with Gasteiger partial charge in [-0.05, 0) is 0 Å². The third kappa shape index (κ3) is 11.0. The van der Waals surface area contributed by atoms with Crippen LogP contribution in [0.25, 0.3) is 0 Å². The quantitative estimate of drug-likeness (QED) is 0.439. The van der Waals surface area contributed by atoms with Crippen LogP contribution < -0.4 is 5.14 Å². The van der Waals surface area contributed by atoms with Gasteiger partial charge in [-0.15, -0.1) is 0 Å². The van der Waals surface area contributed by atoms with E-state index in [9.17, 15) is 0 Å². The largest absolute Gasteiger partial charge is 0.760 e. The predicted octanol–water partition coefficient (Wildman–Crippen LogP) is -1.46. The first kappa shape index (κ1) is 8.21. The Bertz CT molecular complexity index is 130. The minimum atomic E-state index is -2.36. The monoisotopic (exact) mass is 149 g/mol. The molecule has 0 bridgehead atoms. The summed E-state index contributed by atoms with van der Waals surface area (Å²) in [6.07, 6.45) is 3.17. The van der Waals surface area contributed by atoms with Crippen LogP contribution in [0.3, 0.4) is 0 Å². The van der Waals surface area contributed by atoms with E-state index < -0.39 is 11.3 Å². The third-order valence-corrected chi connectivity index (χ3v) is 0.331. The van der Waals surface area contributed by atoms with Crippen molar-refractivity contribution in [3.63, 3.8) is 0 Å². The van der Waals surface area contributed by atoms with Gasteiger partial charge in [-0.3, -0.25) is 9.35 Å². The number of hydrogen-bond acceptors (Lipinski definition) is 4. The van der Waals surface area contributed by atoms with Gasteiger partial charge in [0.05, 0.1) is 12.4 Å². The molecule has 0 radical (unpaired) electrons. The zero-order valence-electron chi connectivity index (χ0n) is 4.35. The van der Waals surface area contributed by atoms with Crippen LogP contribution in [-0.2, 0) is 11.3 Å². The van der Waals surface area contributed by atoms with Gasteiger partial charge < -0.3 is 4.55 Å². The molecule has 0 fully saturated rings. The fraction of sp³-hybridized carbons (Fsp3) is 0. The van der Waals surface area contributed by atoms with Crippen molar-refractivity contribution in [2.45, 2.75) is 0 Å². The zero-order valence-corrected chi connectivity index (χ0v) is 5.17. The van der Waals surface area contributed by atoms with Gasteiger partial charge in [-0.1, -0.05) is 0 Å². The molecule has 0 aromatic carbocycles. The van der Waals surface area contributed by atoms with E-state index in [1.807, 2.05) is 0 Å². The van der Waals surface area contributed by atoms with Crippen LogP contribution in [0.15, 0.2) is 12.4 Å². The summed E-state index contributed by atoms with van der Waals surface area (Å²) in [4.78, 5) is 0. The Morgan fingerprint density at radius 2 is 1.89 bits per heavy atom. The second-order valence-electron chi connectivity index (χ2n) is 0.917. The van der Waals surface area contributed by atoms with Gasteiger partial charge in [0.25, 0.3) is 0 Å². The second-order valence-corrected chi connectivity index (χ2v) is 1.44. The lowest BCUT2D eigenvalue weighted by atomic mass is 11.0. The van der Waals surface area contributed by atoms with Crippen molar-refractivity contribution in [2.24, 2.45) is 5.14 Å². The summed E-state index contributed by atoms with van der Waals surface area (Å²) in [7, 11) is 0. The van der Waals surface area contributed by atoms with E-state index in [0.29, 0.717) is 0 Å². The van der Waals surface area contributed by atoms with Crippen LogP contribution in [0, 0.1) is 0 Å². The summed E-state index contributed by atoms with van der Waals surface area (Å²) in [6, 6.07) is 0. The van der Waals surface area contributed by atoms with Crippen molar-refractivity contribution < 1.29 is 8.76 Å². The van der Waals surface area contributed by atoms with Crippen LogP contribution in [0.5, 0.6) is 0 Å². The Morgan fingerprint density at radius 3 is 2.00 bits per heavy atom. The van der Waals surface area contributed by atoms with Gasteiger partial charge in [0, 0.05) is 11.3 Å². The maximum absolute atomic E-state index is 8.78. The summed E-state index contributed by atoms with van der Waals surface area (Å²) in [6.45, 7) is 0. The van der Waals surface area contributed by atoms with E-state index in [-0.39, 0.29) is 0 Å². The van der Waals surface area contributed by atoms with E-state index in [4.69, 9.17) is 8.76 Å². The number of aromatic amines is 1. The molecule has 1 aromatic rings. The maximum Gasteiger partial charge on any atom is 0.0690 e. The molecule has 0 spiro atoms. The van der Waals surface area contributed by atoms with Crippen molar-refractivity contribution in [1.29, 1.82) is 0 Å². The third-order valence-electron chi connectivity index (χ3n) is 0.331. The molecule has 0 saturated carbocycles. The van der Waals surface area contributed by atoms with Crippen LogP contribution in [0.1, 0.15) is 0 Å². The molecule has 0 saturated heterocycles. The molecule has 52 valence electrons. The highest BCUT2D eigenvalue weighted by molar-refractivity contribution is 7.76. The first-order valence-corrected chi connectivity index (χ1v) is 3.00. The number of nitrogens with two attached hydrogens (primary N) is 1. The Kier molecular flexibility index (Phi) is 4.88. The summed E-state index contributed by atoms with van der Waals surface area (Å²) in [5.41, 5.74) is 0. The number of nitrogens with zero attached hydrogens (tertiary/aromatic N) is 2. The fourth-order valence-electron chi connectivity index (χ4n) is 0.167. The number of nitrogens with one attached hydrogen (secondary N) is 1. The van der Waals surface area contributed by atoms with Crippen LogP contribution >= 0.6 is 0 Å². The fourth-order valence-corrected chi connectivity index (χ4v) is 0.167. The Hall–Kier alpha value is -0.790. The molecule has 0 aliphatic carbocycles. The topological polar surface area (TPSA) is 108 Å². The Morgan fingerprint density at radius 1 is 1.56 bits per heavy atom. The Balaban J connectivity index is 0.000000148. The van der Waals surface area contributed by atoms with E-state index in [1.54, 1.807) is 12.4 Å². The highest BCUT2D eigenvalue weighted by Gasteiger charge is 1.57. The maximum atomic E-state index is 8.78. The lowest BCUT2D eigenvalue weighted by Crippen LogP contribution is -1.97. The minimum absolute atomic E-state index is 1.58. The first-order chi connectivity index (χ1) is 4.23. The van der Waals surface area contributed by atoms with Crippen LogP contribution in [-0.4, -0.2) is 24.2 Å². The number of rotatable bonds is 0. The minimum Gasteiger partial charge on any atom is -0.760 e. The average molecular weight is 149 g/mol. The summed E-state index contributed by atoms with van der Waals surface area (Å²) in [5.74, 6) is 0. The number of H-pyrrole nitrogens is 1. The molecule has 0 aliphatic rings. The van der Waals surface area contributed by atoms with Crippen LogP contribution in [0.2, 0.25) is 0 Å². The lowest BCUT2D eigenvalue weighted by molar-refractivity contribution is 0.539. The molecule has 3 N–H and O–H groups in total. The number of aromatic nitrogens is 3. The molecule has 7 heteroatoms. The van der Waals surface area contributed by atoms with Crippen molar-refractivity contribution in [1.82, 2.24) is 15.4 Å². The molecule has 6 nitrogen and oxygen atoms in total. The molecule has 0 amide bonds. The van der Waals surface area contributed by atoms with Crippen molar-refractivity contribution in [3.8, 4) is 0 Å². The van der Waals surface area contributed by atoms with E-state index in [1.165, 1.54) is 0 Å². The van der Waals surface area contributed by atoms with Gasteiger partial charge in [0.2, 0.25) is 0 Å². The van der Waals surface area contributed by atoms with Crippen molar-refractivity contribution >= 4 is 11.3 Å². The van der Waals surface area contributed by atoms with Crippen molar-refractivity contribution in [2.75, 3.05) is 0 Å². The van der Waals surface area contributed by atoms with E-state index in [2.05, 4.69) is 20.5 Å².